The average Bonchev–Trinajstić information content (AvgIpc) is 2.76. The smallest absolute Gasteiger partial charge is 0.246 e. The van der Waals surface area contributed by atoms with Crippen molar-refractivity contribution in [2.24, 2.45) is 0 Å². The molecule has 0 aliphatic rings. The highest BCUT2D eigenvalue weighted by molar-refractivity contribution is 5.77. The molecule has 0 saturated heterocycles. The van der Waals surface area contributed by atoms with Crippen LogP contribution in [0.2, 0.25) is 0 Å². The summed E-state index contributed by atoms with van der Waals surface area (Å²) in [6.07, 6.45) is 0. The van der Waals surface area contributed by atoms with Gasteiger partial charge in [-0.15, -0.1) is 0 Å². The number of rotatable bonds is 22. The van der Waals surface area contributed by atoms with Crippen molar-refractivity contribution in [1.29, 1.82) is 0 Å². The molecule has 182 valence electrons. The van der Waals surface area contributed by atoms with Crippen LogP contribution < -0.4 is 16.0 Å². The van der Waals surface area contributed by atoms with Crippen LogP contribution in [-0.2, 0) is 42.8 Å². The quantitative estimate of drug-likeness (QED) is 0.161. The predicted molar refractivity (Wildman–Crippen MR) is 111 cm³/mol. The summed E-state index contributed by atoms with van der Waals surface area (Å²) >= 11 is 0. The number of likely N-dealkylation sites (N-methyl/N-ethyl adjacent to an activating group) is 1. The zero-order valence-corrected chi connectivity index (χ0v) is 18.6. The van der Waals surface area contributed by atoms with Crippen LogP contribution in [0.25, 0.3) is 0 Å². The van der Waals surface area contributed by atoms with Gasteiger partial charge in [-0.05, 0) is 6.92 Å². The second-order valence-electron chi connectivity index (χ2n) is 5.95. The van der Waals surface area contributed by atoms with Gasteiger partial charge in [-0.3, -0.25) is 14.4 Å². The standard InChI is InChI=1S/C19H37N3O9/c1-3-26-8-11-30-15-18(24)21-5-7-28-10-13-31-16-19(25)22-4-6-27-9-12-29-14-17(23)20-2/h3-16H2,1-2H3,(H,20,23)(H,21,24)(H,22,25). The van der Waals surface area contributed by atoms with E-state index >= 15 is 0 Å². The molecule has 12 heteroatoms. The summed E-state index contributed by atoms with van der Waals surface area (Å²) in [6.45, 7) is 5.87. The summed E-state index contributed by atoms with van der Waals surface area (Å²) in [5.41, 5.74) is 0. The van der Waals surface area contributed by atoms with Crippen LogP contribution in [-0.4, -0.2) is 117 Å². The van der Waals surface area contributed by atoms with E-state index in [-0.39, 0.29) is 44.1 Å². The van der Waals surface area contributed by atoms with E-state index in [0.29, 0.717) is 65.9 Å². The monoisotopic (exact) mass is 451 g/mol. The molecule has 3 amide bonds. The Morgan fingerprint density at radius 3 is 1.35 bits per heavy atom. The van der Waals surface area contributed by atoms with E-state index in [1.54, 1.807) is 0 Å². The molecule has 0 fully saturated rings. The van der Waals surface area contributed by atoms with Gasteiger partial charge < -0.3 is 44.4 Å². The molecule has 3 N–H and O–H groups in total. The molecule has 12 nitrogen and oxygen atoms in total. The Hall–Kier alpha value is -1.83. The Balaban J connectivity index is 3.29. The Bertz CT molecular complexity index is 467. The highest BCUT2D eigenvalue weighted by Gasteiger charge is 2.02. The molecule has 0 aliphatic carbocycles. The van der Waals surface area contributed by atoms with Crippen molar-refractivity contribution in [3.63, 3.8) is 0 Å². The van der Waals surface area contributed by atoms with Gasteiger partial charge in [0.05, 0.1) is 52.9 Å². The van der Waals surface area contributed by atoms with Gasteiger partial charge in [-0.2, -0.15) is 0 Å². The molecular weight excluding hydrogens is 414 g/mol. The van der Waals surface area contributed by atoms with Crippen LogP contribution in [0.3, 0.4) is 0 Å². The molecule has 0 aromatic heterocycles. The Morgan fingerprint density at radius 2 is 0.935 bits per heavy atom. The molecule has 0 radical (unpaired) electrons. The summed E-state index contributed by atoms with van der Waals surface area (Å²) in [5, 5.41) is 7.76. The lowest BCUT2D eigenvalue weighted by Gasteiger charge is -2.09. The highest BCUT2D eigenvalue weighted by atomic mass is 16.5. The van der Waals surface area contributed by atoms with Crippen LogP contribution in [0.4, 0.5) is 0 Å². The third-order valence-electron chi connectivity index (χ3n) is 3.44. The minimum atomic E-state index is -0.254. The molecule has 0 spiro atoms. The molecule has 0 saturated carbocycles. The van der Waals surface area contributed by atoms with Crippen molar-refractivity contribution >= 4 is 17.7 Å². The number of carbonyl (C=O) groups excluding carboxylic acids is 3. The van der Waals surface area contributed by atoms with Gasteiger partial charge in [0, 0.05) is 26.7 Å². The number of nitrogens with one attached hydrogen (secondary N) is 3. The molecule has 0 bridgehead atoms. The molecule has 0 aliphatic heterocycles. The highest BCUT2D eigenvalue weighted by Crippen LogP contribution is 1.82. The van der Waals surface area contributed by atoms with Crippen LogP contribution in [0.5, 0.6) is 0 Å². The number of hydrogen-bond acceptors (Lipinski definition) is 9. The SMILES string of the molecule is CCOCCOCC(=O)NCCOCCOCC(=O)NCCOCCOCC(=O)NC. The van der Waals surface area contributed by atoms with E-state index in [0.717, 1.165) is 0 Å². The minimum Gasteiger partial charge on any atom is -0.379 e. The zero-order chi connectivity index (χ0) is 23.0. The second kappa shape index (κ2) is 22.8. The van der Waals surface area contributed by atoms with Gasteiger partial charge >= 0.3 is 0 Å². The average molecular weight is 452 g/mol. The fraction of sp³-hybridized carbons (Fsp3) is 0.842. The fourth-order valence-electron chi connectivity index (χ4n) is 1.90. The number of amides is 3. The molecule has 0 atom stereocenters. The first-order valence-electron chi connectivity index (χ1n) is 10.3. The second-order valence-corrected chi connectivity index (χ2v) is 5.95. The zero-order valence-electron chi connectivity index (χ0n) is 18.6. The molecule has 0 unspecified atom stereocenters. The van der Waals surface area contributed by atoms with Crippen molar-refractivity contribution in [1.82, 2.24) is 16.0 Å². The first-order chi connectivity index (χ1) is 15.1. The van der Waals surface area contributed by atoms with Gasteiger partial charge in [0.15, 0.2) is 0 Å². The first kappa shape index (κ1) is 29.2. The number of carbonyl (C=O) groups is 3. The van der Waals surface area contributed by atoms with Crippen LogP contribution >= 0.6 is 0 Å². The lowest BCUT2D eigenvalue weighted by Crippen LogP contribution is -2.32. The van der Waals surface area contributed by atoms with Crippen molar-refractivity contribution in [3.8, 4) is 0 Å². The topological polar surface area (TPSA) is 143 Å². The Labute approximate surface area is 183 Å². The van der Waals surface area contributed by atoms with E-state index in [2.05, 4.69) is 16.0 Å². The van der Waals surface area contributed by atoms with Gasteiger partial charge in [0.1, 0.15) is 19.8 Å². The molecular formula is C19H37N3O9. The molecule has 0 heterocycles. The van der Waals surface area contributed by atoms with E-state index in [1.807, 2.05) is 6.92 Å². The van der Waals surface area contributed by atoms with Gasteiger partial charge in [0.2, 0.25) is 17.7 Å². The van der Waals surface area contributed by atoms with E-state index in [9.17, 15) is 14.4 Å². The first-order valence-corrected chi connectivity index (χ1v) is 10.3. The third-order valence-corrected chi connectivity index (χ3v) is 3.44. The van der Waals surface area contributed by atoms with Crippen molar-refractivity contribution in [2.45, 2.75) is 6.92 Å². The lowest BCUT2D eigenvalue weighted by molar-refractivity contribution is -0.127. The normalized spacial score (nSPS) is 10.6. The number of ether oxygens (including phenoxy) is 6. The lowest BCUT2D eigenvalue weighted by atomic mass is 10.5. The molecule has 0 aromatic rings. The van der Waals surface area contributed by atoms with E-state index in [4.69, 9.17) is 28.4 Å². The summed E-state index contributed by atoms with van der Waals surface area (Å²) in [5.74, 6) is -0.663. The van der Waals surface area contributed by atoms with Crippen molar-refractivity contribution in [2.75, 3.05) is 99.4 Å². The summed E-state index contributed by atoms with van der Waals surface area (Å²) in [6, 6.07) is 0. The van der Waals surface area contributed by atoms with Gasteiger partial charge in [-0.1, -0.05) is 0 Å². The molecule has 0 rings (SSSR count). The number of hydrogen-bond donors (Lipinski definition) is 3. The summed E-state index contributed by atoms with van der Waals surface area (Å²) < 4.78 is 31.1. The van der Waals surface area contributed by atoms with Crippen LogP contribution in [0, 0.1) is 0 Å². The maximum atomic E-state index is 11.6. The summed E-state index contributed by atoms with van der Waals surface area (Å²) in [7, 11) is 1.54. The van der Waals surface area contributed by atoms with Gasteiger partial charge in [0.25, 0.3) is 0 Å². The maximum absolute atomic E-state index is 11.6. The molecule has 31 heavy (non-hydrogen) atoms. The fourth-order valence-corrected chi connectivity index (χ4v) is 1.90. The molecule has 0 aromatic carbocycles. The van der Waals surface area contributed by atoms with Crippen LogP contribution in [0.15, 0.2) is 0 Å². The predicted octanol–water partition coefficient (Wildman–Crippen LogP) is -1.92. The maximum Gasteiger partial charge on any atom is 0.246 e. The van der Waals surface area contributed by atoms with Gasteiger partial charge in [-0.25, -0.2) is 0 Å². The van der Waals surface area contributed by atoms with E-state index in [1.165, 1.54) is 7.05 Å². The third kappa shape index (κ3) is 22.7. The van der Waals surface area contributed by atoms with Crippen molar-refractivity contribution < 1.29 is 42.8 Å². The Morgan fingerprint density at radius 1 is 0.548 bits per heavy atom. The Kier molecular flexibility index (Phi) is 21.5. The summed E-state index contributed by atoms with van der Waals surface area (Å²) in [4.78, 5) is 33.9. The van der Waals surface area contributed by atoms with E-state index < -0.39 is 0 Å². The van der Waals surface area contributed by atoms with Crippen LogP contribution in [0.1, 0.15) is 6.92 Å². The minimum absolute atomic E-state index is 0.00335. The van der Waals surface area contributed by atoms with Crippen molar-refractivity contribution in [3.05, 3.63) is 0 Å². The largest absolute Gasteiger partial charge is 0.379 e.